The van der Waals surface area contributed by atoms with Crippen LogP contribution in [0.5, 0.6) is 17.2 Å². The van der Waals surface area contributed by atoms with Crippen LogP contribution in [0, 0.1) is 0 Å². The fourth-order valence-corrected chi connectivity index (χ4v) is 2.97. The predicted octanol–water partition coefficient (Wildman–Crippen LogP) is 5.27. The smallest absolute Gasteiger partial charge is 0.149 e. The molecule has 0 fully saturated rings. The van der Waals surface area contributed by atoms with Gasteiger partial charge in [0.2, 0.25) is 0 Å². The Hall–Kier alpha value is -2.68. The second-order valence-corrected chi connectivity index (χ2v) is 6.25. The molecule has 0 spiro atoms. The Bertz CT molecular complexity index is 809. The molecule has 1 unspecified atom stereocenters. The van der Waals surface area contributed by atoms with Gasteiger partial charge in [-0.2, -0.15) is 0 Å². The molecule has 1 aliphatic heterocycles. The van der Waals surface area contributed by atoms with E-state index in [1.165, 1.54) is 11.1 Å². The van der Waals surface area contributed by atoms with Crippen LogP contribution in [0.25, 0.3) is 5.57 Å². The van der Waals surface area contributed by atoms with Crippen LogP contribution in [0.4, 0.5) is 0 Å². The minimum Gasteiger partial charge on any atom is -0.508 e. The highest BCUT2D eigenvalue weighted by Gasteiger charge is 2.27. The average molecular weight is 322 g/mol. The minimum atomic E-state index is -0.193. The molecule has 24 heavy (non-hydrogen) atoms. The Morgan fingerprint density at radius 3 is 2.46 bits per heavy atom. The lowest BCUT2D eigenvalue weighted by atomic mass is 9.89. The van der Waals surface area contributed by atoms with E-state index in [1.54, 1.807) is 19.2 Å². The molecule has 0 amide bonds. The maximum atomic E-state index is 9.56. The number of ether oxygens (including phenoxy) is 2. The zero-order chi connectivity index (χ0) is 17.3. The summed E-state index contributed by atoms with van der Waals surface area (Å²) in [5.74, 6) is 1.91. The van der Waals surface area contributed by atoms with E-state index < -0.39 is 0 Å². The molecule has 3 heteroatoms. The molecule has 1 heterocycles. The standard InChI is InChI=1S/C21H22O3/c1-13(2)11-19-14(3)18-12-17(23-4)9-10-20(18)24-21(19)15-5-7-16(22)8-6-15/h5-12,21-22H,1-4H3. The van der Waals surface area contributed by atoms with Crippen molar-refractivity contribution in [3.63, 3.8) is 0 Å². The van der Waals surface area contributed by atoms with Gasteiger partial charge in [0.25, 0.3) is 0 Å². The first-order valence-electron chi connectivity index (χ1n) is 7.99. The molecule has 0 saturated carbocycles. The molecule has 3 nitrogen and oxygen atoms in total. The number of phenolic OH excluding ortho intramolecular Hbond substituents is 1. The zero-order valence-electron chi connectivity index (χ0n) is 14.5. The highest BCUT2D eigenvalue weighted by Crippen LogP contribution is 2.44. The number of allylic oxidation sites excluding steroid dienone is 2. The van der Waals surface area contributed by atoms with Crippen LogP contribution in [0.3, 0.4) is 0 Å². The highest BCUT2D eigenvalue weighted by atomic mass is 16.5. The fourth-order valence-electron chi connectivity index (χ4n) is 2.97. The van der Waals surface area contributed by atoms with Crippen LogP contribution in [-0.4, -0.2) is 12.2 Å². The van der Waals surface area contributed by atoms with E-state index in [2.05, 4.69) is 26.8 Å². The Morgan fingerprint density at radius 1 is 1.12 bits per heavy atom. The molecule has 0 bridgehead atoms. The SMILES string of the molecule is COc1ccc2c(c1)C(C)=C(C=C(C)C)C(c1ccc(O)cc1)O2. The molecule has 2 aromatic rings. The monoisotopic (exact) mass is 322 g/mol. The van der Waals surface area contributed by atoms with Crippen molar-refractivity contribution in [2.75, 3.05) is 7.11 Å². The van der Waals surface area contributed by atoms with E-state index >= 15 is 0 Å². The summed E-state index contributed by atoms with van der Waals surface area (Å²) in [6, 6.07) is 13.1. The van der Waals surface area contributed by atoms with Crippen molar-refractivity contribution in [2.45, 2.75) is 26.9 Å². The Morgan fingerprint density at radius 2 is 1.83 bits per heavy atom. The quantitative estimate of drug-likeness (QED) is 0.836. The van der Waals surface area contributed by atoms with Gasteiger partial charge in [-0.05, 0) is 62.2 Å². The lowest BCUT2D eigenvalue weighted by Gasteiger charge is -2.30. The van der Waals surface area contributed by atoms with Crippen LogP contribution >= 0.6 is 0 Å². The van der Waals surface area contributed by atoms with E-state index in [4.69, 9.17) is 9.47 Å². The second kappa shape index (κ2) is 6.44. The maximum Gasteiger partial charge on any atom is 0.149 e. The molecule has 1 N–H and O–H groups in total. The number of aromatic hydroxyl groups is 1. The summed E-state index contributed by atoms with van der Waals surface area (Å²) in [5, 5.41) is 9.56. The Labute approximate surface area is 142 Å². The maximum absolute atomic E-state index is 9.56. The van der Waals surface area contributed by atoms with Gasteiger partial charge in [0.05, 0.1) is 7.11 Å². The van der Waals surface area contributed by atoms with Crippen molar-refractivity contribution in [1.29, 1.82) is 0 Å². The molecule has 0 aromatic heterocycles. The van der Waals surface area contributed by atoms with E-state index in [-0.39, 0.29) is 11.9 Å². The van der Waals surface area contributed by atoms with Crippen molar-refractivity contribution in [3.8, 4) is 17.2 Å². The van der Waals surface area contributed by atoms with Crippen molar-refractivity contribution in [1.82, 2.24) is 0 Å². The highest BCUT2D eigenvalue weighted by molar-refractivity contribution is 5.77. The summed E-state index contributed by atoms with van der Waals surface area (Å²) < 4.78 is 11.6. The lowest BCUT2D eigenvalue weighted by molar-refractivity contribution is 0.240. The van der Waals surface area contributed by atoms with Gasteiger partial charge in [-0.3, -0.25) is 0 Å². The molecule has 0 aliphatic carbocycles. The minimum absolute atomic E-state index is 0.193. The van der Waals surface area contributed by atoms with Crippen LogP contribution in [-0.2, 0) is 0 Å². The molecule has 1 aliphatic rings. The molecule has 1 atom stereocenters. The van der Waals surface area contributed by atoms with Crippen LogP contribution in [0.1, 0.15) is 38.0 Å². The Kier molecular flexibility index (Phi) is 4.34. The van der Waals surface area contributed by atoms with Crippen molar-refractivity contribution in [2.24, 2.45) is 0 Å². The molecule has 0 saturated heterocycles. The van der Waals surface area contributed by atoms with E-state index in [9.17, 15) is 5.11 Å². The van der Waals surface area contributed by atoms with Gasteiger partial charge in [-0.1, -0.05) is 23.8 Å². The summed E-state index contributed by atoms with van der Waals surface area (Å²) in [7, 11) is 1.67. The van der Waals surface area contributed by atoms with Crippen molar-refractivity contribution >= 4 is 5.57 Å². The first-order chi connectivity index (χ1) is 11.5. The Balaban J connectivity index is 2.16. The van der Waals surface area contributed by atoms with Crippen LogP contribution in [0.2, 0.25) is 0 Å². The van der Waals surface area contributed by atoms with E-state index in [0.29, 0.717) is 0 Å². The third-order valence-electron chi connectivity index (χ3n) is 4.19. The normalized spacial score (nSPS) is 16.2. The van der Waals surface area contributed by atoms with Gasteiger partial charge in [0.15, 0.2) is 0 Å². The number of hydrogen-bond donors (Lipinski definition) is 1. The summed E-state index contributed by atoms with van der Waals surface area (Å²) in [4.78, 5) is 0. The van der Waals surface area contributed by atoms with Gasteiger partial charge in [-0.15, -0.1) is 0 Å². The summed E-state index contributed by atoms with van der Waals surface area (Å²) >= 11 is 0. The molecule has 3 rings (SSSR count). The predicted molar refractivity (Wildman–Crippen MR) is 96.5 cm³/mol. The lowest BCUT2D eigenvalue weighted by Crippen LogP contribution is -2.16. The molecule has 124 valence electrons. The van der Waals surface area contributed by atoms with Crippen molar-refractivity contribution in [3.05, 3.63) is 70.8 Å². The van der Waals surface area contributed by atoms with Gasteiger partial charge in [0.1, 0.15) is 23.4 Å². The summed E-state index contributed by atoms with van der Waals surface area (Å²) in [6.07, 6.45) is 1.97. The first kappa shape index (κ1) is 16.2. The summed E-state index contributed by atoms with van der Waals surface area (Å²) in [6.45, 7) is 6.27. The topological polar surface area (TPSA) is 38.7 Å². The van der Waals surface area contributed by atoms with Crippen molar-refractivity contribution < 1.29 is 14.6 Å². The van der Waals surface area contributed by atoms with Gasteiger partial charge < -0.3 is 14.6 Å². The average Bonchev–Trinajstić information content (AvgIpc) is 2.57. The van der Waals surface area contributed by atoms with Gasteiger partial charge in [0, 0.05) is 11.1 Å². The largest absolute Gasteiger partial charge is 0.508 e. The number of phenols is 1. The van der Waals surface area contributed by atoms with Gasteiger partial charge >= 0.3 is 0 Å². The van der Waals surface area contributed by atoms with E-state index in [1.807, 2.05) is 30.3 Å². The number of methoxy groups -OCH3 is 1. The fraction of sp³-hybridized carbons (Fsp3) is 0.238. The second-order valence-electron chi connectivity index (χ2n) is 6.25. The molecular weight excluding hydrogens is 300 g/mol. The number of benzene rings is 2. The number of rotatable bonds is 3. The molecule has 0 radical (unpaired) electrons. The third-order valence-corrected chi connectivity index (χ3v) is 4.19. The number of fused-ring (bicyclic) bond motifs is 1. The molecular formula is C21H22O3. The number of hydrogen-bond acceptors (Lipinski definition) is 3. The van der Waals surface area contributed by atoms with Gasteiger partial charge in [-0.25, -0.2) is 0 Å². The van der Waals surface area contributed by atoms with Crippen LogP contribution in [0.15, 0.2) is 59.7 Å². The first-order valence-corrected chi connectivity index (χ1v) is 7.99. The van der Waals surface area contributed by atoms with E-state index in [0.717, 1.165) is 28.2 Å². The zero-order valence-corrected chi connectivity index (χ0v) is 14.5. The molecule has 2 aromatic carbocycles. The third kappa shape index (κ3) is 3.02. The van der Waals surface area contributed by atoms with Crippen LogP contribution < -0.4 is 9.47 Å². The summed E-state index contributed by atoms with van der Waals surface area (Å²) in [5.41, 5.74) is 5.58.